The van der Waals surface area contributed by atoms with E-state index in [9.17, 15) is 8.78 Å². The highest BCUT2D eigenvalue weighted by atomic mass is 19.3. The Kier molecular flexibility index (Phi) is 3.31. The van der Waals surface area contributed by atoms with Gasteiger partial charge in [-0.15, -0.1) is 0 Å². The summed E-state index contributed by atoms with van der Waals surface area (Å²) in [6.45, 7) is 2.87. The number of alkyl halides is 2. The molecule has 104 valence electrons. The van der Waals surface area contributed by atoms with Gasteiger partial charge < -0.3 is 5.32 Å². The van der Waals surface area contributed by atoms with E-state index in [2.05, 4.69) is 17.3 Å². The molecule has 1 aliphatic carbocycles. The third kappa shape index (κ3) is 2.51. The van der Waals surface area contributed by atoms with Crippen molar-refractivity contribution in [3.8, 4) is 0 Å². The first kappa shape index (κ1) is 13.0. The Balaban J connectivity index is 1.78. The molecule has 4 heteroatoms. The molecule has 0 radical (unpaired) electrons. The number of hydrogen-bond donors (Lipinski definition) is 1. The first-order valence-corrected chi connectivity index (χ1v) is 6.98. The number of halogens is 2. The third-order valence-electron chi connectivity index (χ3n) is 4.28. The van der Waals surface area contributed by atoms with Crippen molar-refractivity contribution in [2.24, 2.45) is 5.92 Å². The van der Waals surface area contributed by atoms with Crippen LogP contribution in [0.25, 0.3) is 0 Å². The summed E-state index contributed by atoms with van der Waals surface area (Å²) in [5.74, 6) is -3.08. The average Bonchev–Trinajstić information content (AvgIpc) is 3.24. The normalized spacial score (nSPS) is 25.5. The van der Waals surface area contributed by atoms with Crippen molar-refractivity contribution in [2.75, 3.05) is 26.7 Å². The fourth-order valence-electron chi connectivity index (χ4n) is 2.79. The molecule has 1 atom stereocenters. The molecule has 0 amide bonds. The van der Waals surface area contributed by atoms with E-state index in [-0.39, 0.29) is 11.6 Å². The summed E-state index contributed by atoms with van der Waals surface area (Å²) in [4.78, 5) is 2.27. The second-order valence-electron chi connectivity index (χ2n) is 5.72. The molecule has 1 aliphatic heterocycles. The van der Waals surface area contributed by atoms with Crippen LogP contribution in [0.4, 0.5) is 8.78 Å². The number of hydrogen-bond acceptors (Lipinski definition) is 2. The molecule has 0 spiro atoms. The molecule has 1 saturated heterocycles. The molecule has 1 saturated carbocycles. The highest BCUT2D eigenvalue weighted by Crippen LogP contribution is 2.49. The molecule has 2 nitrogen and oxygen atoms in total. The van der Waals surface area contributed by atoms with E-state index in [1.807, 2.05) is 12.1 Å². The van der Waals surface area contributed by atoms with Crippen LogP contribution in [0.2, 0.25) is 0 Å². The van der Waals surface area contributed by atoms with Gasteiger partial charge in [-0.05, 0) is 25.5 Å². The number of piperazine rings is 1. The fraction of sp³-hybridized carbons (Fsp3) is 0.600. The minimum Gasteiger partial charge on any atom is -0.314 e. The van der Waals surface area contributed by atoms with Crippen molar-refractivity contribution < 1.29 is 8.78 Å². The highest BCUT2D eigenvalue weighted by Gasteiger charge is 2.47. The maximum absolute atomic E-state index is 14.0. The van der Waals surface area contributed by atoms with Crippen LogP contribution >= 0.6 is 0 Å². The SMILES string of the molecule is CN1CCNCC1c1ccc(C(F)(F)C2CC2)cc1. The molecule has 1 aromatic rings. The van der Waals surface area contributed by atoms with E-state index in [1.54, 1.807) is 12.1 Å². The lowest BCUT2D eigenvalue weighted by Gasteiger charge is -2.33. The lowest BCUT2D eigenvalue weighted by Crippen LogP contribution is -2.43. The van der Waals surface area contributed by atoms with Crippen LogP contribution in [-0.4, -0.2) is 31.6 Å². The Morgan fingerprint density at radius 2 is 1.89 bits per heavy atom. The smallest absolute Gasteiger partial charge is 0.276 e. The number of likely N-dealkylation sites (N-methyl/N-ethyl adjacent to an activating group) is 1. The van der Waals surface area contributed by atoms with Crippen LogP contribution in [-0.2, 0) is 5.92 Å². The zero-order valence-corrected chi connectivity index (χ0v) is 11.2. The van der Waals surface area contributed by atoms with Crippen molar-refractivity contribution in [2.45, 2.75) is 24.8 Å². The van der Waals surface area contributed by atoms with Gasteiger partial charge in [0.05, 0.1) is 0 Å². The number of benzene rings is 1. The Morgan fingerprint density at radius 1 is 1.21 bits per heavy atom. The highest BCUT2D eigenvalue weighted by molar-refractivity contribution is 5.29. The van der Waals surface area contributed by atoms with Gasteiger partial charge >= 0.3 is 0 Å². The maximum Gasteiger partial charge on any atom is 0.276 e. The van der Waals surface area contributed by atoms with Crippen LogP contribution in [0.1, 0.15) is 30.0 Å². The topological polar surface area (TPSA) is 15.3 Å². The molecule has 0 bridgehead atoms. The van der Waals surface area contributed by atoms with Crippen LogP contribution in [0.15, 0.2) is 24.3 Å². The van der Waals surface area contributed by atoms with E-state index >= 15 is 0 Å². The lowest BCUT2D eigenvalue weighted by atomic mass is 9.98. The zero-order valence-electron chi connectivity index (χ0n) is 11.2. The molecular formula is C15H20F2N2. The van der Waals surface area contributed by atoms with Crippen molar-refractivity contribution in [3.05, 3.63) is 35.4 Å². The maximum atomic E-state index is 14.0. The third-order valence-corrected chi connectivity index (χ3v) is 4.28. The molecule has 1 unspecified atom stereocenters. The van der Waals surface area contributed by atoms with Gasteiger partial charge in [0, 0.05) is 37.2 Å². The monoisotopic (exact) mass is 266 g/mol. The van der Waals surface area contributed by atoms with Gasteiger partial charge in [0.25, 0.3) is 5.92 Å². The van der Waals surface area contributed by atoms with Gasteiger partial charge in [0.15, 0.2) is 0 Å². The summed E-state index contributed by atoms with van der Waals surface area (Å²) in [6, 6.07) is 7.23. The van der Waals surface area contributed by atoms with Gasteiger partial charge in [-0.1, -0.05) is 24.3 Å². The molecule has 2 fully saturated rings. The second-order valence-corrected chi connectivity index (χ2v) is 5.72. The predicted octanol–water partition coefficient (Wildman–Crippen LogP) is 2.76. The minimum atomic E-state index is -2.64. The Hall–Kier alpha value is -1.00. The summed E-state index contributed by atoms with van der Waals surface area (Å²) in [6.07, 6.45) is 1.31. The van der Waals surface area contributed by atoms with Crippen molar-refractivity contribution in [1.82, 2.24) is 10.2 Å². The Morgan fingerprint density at radius 3 is 2.47 bits per heavy atom. The molecule has 2 aliphatic rings. The molecule has 19 heavy (non-hydrogen) atoms. The molecule has 3 rings (SSSR count). The molecule has 1 aromatic carbocycles. The van der Waals surface area contributed by atoms with Crippen LogP contribution in [0, 0.1) is 5.92 Å². The van der Waals surface area contributed by atoms with Gasteiger partial charge in [-0.3, -0.25) is 4.90 Å². The Bertz CT molecular complexity index is 440. The van der Waals surface area contributed by atoms with Crippen molar-refractivity contribution in [1.29, 1.82) is 0 Å². The van der Waals surface area contributed by atoms with Gasteiger partial charge in [-0.25, -0.2) is 8.78 Å². The molecule has 1 N–H and O–H groups in total. The standard InChI is InChI=1S/C15H20F2N2/c1-19-9-8-18-10-14(19)11-2-4-12(5-3-11)15(16,17)13-6-7-13/h2-5,13-14,18H,6-10H2,1H3. The molecule has 0 aromatic heterocycles. The summed E-state index contributed by atoms with van der Waals surface area (Å²) in [7, 11) is 2.08. The average molecular weight is 266 g/mol. The van der Waals surface area contributed by atoms with Crippen LogP contribution < -0.4 is 5.32 Å². The largest absolute Gasteiger partial charge is 0.314 e. The van der Waals surface area contributed by atoms with Crippen LogP contribution in [0.3, 0.4) is 0 Å². The van der Waals surface area contributed by atoms with Crippen molar-refractivity contribution in [3.63, 3.8) is 0 Å². The summed E-state index contributed by atoms with van der Waals surface area (Å²) < 4.78 is 27.9. The first-order valence-electron chi connectivity index (χ1n) is 6.98. The number of nitrogens with zero attached hydrogens (tertiary/aromatic N) is 1. The molecule has 1 heterocycles. The number of rotatable bonds is 3. The first-order chi connectivity index (χ1) is 9.09. The van der Waals surface area contributed by atoms with E-state index in [1.165, 1.54) is 0 Å². The Labute approximate surface area is 112 Å². The van der Waals surface area contributed by atoms with E-state index in [4.69, 9.17) is 0 Å². The predicted molar refractivity (Wildman–Crippen MR) is 71.3 cm³/mol. The lowest BCUT2D eigenvalue weighted by molar-refractivity contribution is -0.0285. The summed E-state index contributed by atoms with van der Waals surface area (Å²) in [5, 5.41) is 3.35. The molecular weight excluding hydrogens is 246 g/mol. The van der Waals surface area contributed by atoms with E-state index in [0.29, 0.717) is 12.8 Å². The van der Waals surface area contributed by atoms with Crippen molar-refractivity contribution >= 4 is 0 Å². The van der Waals surface area contributed by atoms with Gasteiger partial charge in [0.2, 0.25) is 0 Å². The number of nitrogens with one attached hydrogen (secondary N) is 1. The van der Waals surface area contributed by atoms with Gasteiger partial charge in [0.1, 0.15) is 0 Å². The van der Waals surface area contributed by atoms with Crippen LogP contribution in [0.5, 0.6) is 0 Å². The van der Waals surface area contributed by atoms with E-state index < -0.39 is 11.8 Å². The zero-order chi connectivity index (χ0) is 13.5. The van der Waals surface area contributed by atoms with Gasteiger partial charge in [-0.2, -0.15) is 0 Å². The van der Waals surface area contributed by atoms with E-state index in [0.717, 1.165) is 25.2 Å². The summed E-state index contributed by atoms with van der Waals surface area (Å²) in [5.41, 5.74) is 1.29. The quantitative estimate of drug-likeness (QED) is 0.905. The fourth-order valence-corrected chi connectivity index (χ4v) is 2.79. The minimum absolute atomic E-state index is 0.171. The summed E-state index contributed by atoms with van der Waals surface area (Å²) >= 11 is 0. The second kappa shape index (κ2) is 4.84.